The minimum Gasteiger partial charge on any atom is -0.355 e. The maximum Gasteiger partial charge on any atom is 0.243 e. The highest BCUT2D eigenvalue weighted by molar-refractivity contribution is 9.10. The second kappa shape index (κ2) is 13.6. The molecule has 0 saturated carbocycles. The molecule has 0 saturated heterocycles. The number of benzene rings is 3. The zero-order valence-corrected chi connectivity index (χ0v) is 22.2. The lowest BCUT2D eigenvalue weighted by atomic mass is 10.0. The molecule has 0 heterocycles. The van der Waals surface area contributed by atoms with Crippen LogP contribution >= 0.6 is 39.3 Å². The third-order valence-electron chi connectivity index (χ3n) is 5.27. The number of carbonyl (C=O) groups is 2. The van der Waals surface area contributed by atoms with Crippen molar-refractivity contribution < 1.29 is 9.59 Å². The van der Waals surface area contributed by atoms with Crippen molar-refractivity contribution in [1.82, 2.24) is 10.2 Å². The predicted octanol–water partition coefficient (Wildman–Crippen LogP) is 6.11. The number of thioether (sulfide) groups is 1. The lowest BCUT2D eigenvalue weighted by Crippen LogP contribution is -2.51. The fourth-order valence-electron chi connectivity index (χ4n) is 3.60. The SMILES string of the molecule is CCNC(=O)[C@H](Cc1ccccc1)N(Cc1ccc(Br)cc1)C(=O)CSCc1cccc(Cl)c1. The van der Waals surface area contributed by atoms with Gasteiger partial charge in [0.25, 0.3) is 0 Å². The van der Waals surface area contributed by atoms with Crippen molar-refractivity contribution >= 4 is 51.1 Å². The van der Waals surface area contributed by atoms with Crippen molar-refractivity contribution in [2.24, 2.45) is 0 Å². The van der Waals surface area contributed by atoms with E-state index in [4.69, 9.17) is 11.6 Å². The minimum absolute atomic E-state index is 0.0675. The van der Waals surface area contributed by atoms with Crippen molar-refractivity contribution in [2.45, 2.75) is 31.7 Å². The summed E-state index contributed by atoms with van der Waals surface area (Å²) in [4.78, 5) is 28.4. The fraction of sp³-hybridized carbons (Fsp3) is 0.259. The molecule has 3 rings (SSSR count). The molecule has 2 amide bonds. The van der Waals surface area contributed by atoms with Crippen molar-refractivity contribution in [3.8, 4) is 0 Å². The van der Waals surface area contributed by atoms with Crippen LogP contribution in [0.1, 0.15) is 23.6 Å². The van der Waals surface area contributed by atoms with Gasteiger partial charge in [-0.05, 0) is 47.9 Å². The molecular weight excluding hydrogens is 532 g/mol. The number of halogens is 2. The van der Waals surface area contributed by atoms with E-state index in [2.05, 4.69) is 21.2 Å². The molecule has 0 radical (unpaired) electrons. The Morgan fingerprint density at radius 1 is 0.971 bits per heavy atom. The van der Waals surface area contributed by atoms with E-state index in [1.54, 1.807) is 4.90 Å². The van der Waals surface area contributed by atoms with Crippen molar-refractivity contribution in [2.75, 3.05) is 12.3 Å². The Bertz CT molecular complexity index is 1080. The minimum atomic E-state index is -0.606. The summed E-state index contributed by atoms with van der Waals surface area (Å²) in [5.41, 5.74) is 3.05. The van der Waals surface area contributed by atoms with Crippen molar-refractivity contribution in [3.63, 3.8) is 0 Å². The average Bonchev–Trinajstić information content (AvgIpc) is 2.83. The molecule has 0 aliphatic carbocycles. The summed E-state index contributed by atoms with van der Waals surface area (Å²) >= 11 is 11.1. The Balaban J connectivity index is 1.81. The first-order valence-corrected chi connectivity index (χ1v) is 13.5. The topological polar surface area (TPSA) is 49.4 Å². The Kier molecular flexibility index (Phi) is 10.5. The summed E-state index contributed by atoms with van der Waals surface area (Å²) in [7, 11) is 0. The lowest BCUT2D eigenvalue weighted by Gasteiger charge is -2.31. The van der Waals surface area contributed by atoms with E-state index in [1.165, 1.54) is 11.8 Å². The Morgan fingerprint density at radius 2 is 1.68 bits per heavy atom. The van der Waals surface area contributed by atoms with Crippen LogP contribution in [0.25, 0.3) is 0 Å². The molecule has 0 spiro atoms. The van der Waals surface area contributed by atoms with Gasteiger partial charge in [0.2, 0.25) is 11.8 Å². The largest absolute Gasteiger partial charge is 0.355 e. The van der Waals surface area contributed by atoms with Gasteiger partial charge in [0, 0.05) is 34.8 Å². The zero-order chi connectivity index (χ0) is 24.3. The van der Waals surface area contributed by atoms with Crippen LogP contribution in [0.2, 0.25) is 5.02 Å². The van der Waals surface area contributed by atoms with Crippen LogP contribution in [-0.2, 0) is 28.3 Å². The molecule has 178 valence electrons. The van der Waals surface area contributed by atoms with Gasteiger partial charge in [0.15, 0.2) is 0 Å². The average molecular weight is 560 g/mol. The molecular formula is C27H28BrClN2O2S. The van der Waals surface area contributed by atoms with Crippen LogP contribution in [0.4, 0.5) is 0 Å². The highest BCUT2D eigenvalue weighted by Gasteiger charge is 2.30. The number of nitrogens with zero attached hydrogens (tertiary/aromatic N) is 1. The van der Waals surface area contributed by atoms with Crippen LogP contribution in [0.5, 0.6) is 0 Å². The molecule has 0 aliphatic rings. The number of likely N-dealkylation sites (N-methyl/N-ethyl adjacent to an activating group) is 1. The van der Waals surface area contributed by atoms with Crippen LogP contribution in [0.15, 0.2) is 83.3 Å². The number of hydrogen-bond acceptors (Lipinski definition) is 3. The van der Waals surface area contributed by atoms with Crippen molar-refractivity contribution in [1.29, 1.82) is 0 Å². The molecule has 7 heteroatoms. The molecule has 0 fully saturated rings. The first-order chi connectivity index (χ1) is 16.5. The van der Waals surface area contributed by atoms with Crippen molar-refractivity contribution in [3.05, 3.63) is 105 Å². The maximum absolute atomic E-state index is 13.5. The highest BCUT2D eigenvalue weighted by atomic mass is 79.9. The first-order valence-electron chi connectivity index (χ1n) is 11.1. The molecule has 3 aromatic rings. The second-order valence-electron chi connectivity index (χ2n) is 7.87. The molecule has 3 aromatic carbocycles. The summed E-state index contributed by atoms with van der Waals surface area (Å²) in [6.45, 7) is 2.76. The van der Waals surface area contributed by atoms with Crippen LogP contribution in [-0.4, -0.2) is 35.1 Å². The van der Waals surface area contributed by atoms with Gasteiger partial charge in [-0.3, -0.25) is 9.59 Å². The quantitative estimate of drug-likeness (QED) is 0.308. The molecule has 4 nitrogen and oxygen atoms in total. The van der Waals surface area contributed by atoms with Gasteiger partial charge in [-0.2, -0.15) is 0 Å². The molecule has 1 N–H and O–H groups in total. The third kappa shape index (κ3) is 8.19. The number of amides is 2. The van der Waals surface area contributed by atoms with E-state index < -0.39 is 6.04 Å². The second-order valence-corrected chi connectivity index (χ2v) is 10.2. The Morgan fingerprint density at radius 3 is 2.35 bits per heavy atom. The molecule has 0 unspecified atom stereocenters. The highest BCUT2D eigenvalue weighted by Crippen LogP contribution is 2.20. The van der Waals surface area contributed by atoms with E-state index in [9.17, 15) is 9.59 Å². The fourth-order valence-corrected chi connectivity index (χ4v) is 4.93. The lowest BCUT2D eigenvalue weighted by molar-refractivity contribution is -0.139. The summed E-state index contributed by atoms with van der Waals surface area (Å²) in [5, 5.41) is 3.60. The van der Waals surface area contributed by atoms with E-state index in [-0.39, 0.29) is 17.6 Å². The summed E-state index contributed by atoms with van der Waals surface area (Å²) in [6, 6.07) is 24.7. The molecule has 0 aromatic heterocycles. The first kappa shape index (κ1) is 26.3. The van der Waals surface area contributed by atoms with Gasteiger partial charge >= 0.3 is 0 Å². The number of rotatable bonds is 11. The van der Waals surface area contributed by atoms with E-state index in [1.807, 2.05) is 85.8 Å². The molecule has 0 bridgehead atoms. The monoisotopic (exact) mass is 558 g/mol. The summed E-state index contributed by atoms with van der Waals surface area (Å²) in [5.74, 6) is 0.732. The van der Waals surface area contributed by atoms with E-state index in [0.29, 0.717) is 30.3 Å². The van der Waals surface area contributed by atoms with Crippen LogP contribution in [0.3, 0.4) is 0 Å². The van der Waals surface area contributed by atoms with Gasteiger partial charge < -0.3 is 10.2 Å². The summed E-state index contributed by atoms with van der Waals surface area (Å²) < 4.78 is 0.968. The van der Waals surface area contributed by atoms with Crippen LogP contribution in [0, 0.1) is 0 Å². The van der Waals surface area contributed by atoms with Gasteiger partial charge in [-0.15, -0.1) is 11.8 Å². The number of carbonyl (C=O) groups excluding carboxylic acids is 2. The van der Waals surface area contributed by atoms with Crippen LogP contribution < -0.4 is 5.32 Å². The van der Waals surface area contributed by atoms with Gasteiger partial charge in [0.05, 0.1) is 5.75 Å². The molecule has 0 aliphatic heterocycles. The standard InChI is InChI=1S/C27H28BrClN2O2S/c1-2-30-27(33)25(16-20-7-4-3-5-8-20)31(17-21-11-13-23(28)14-12-21)26(32)19-34-18-22-9-6-10-24(29)15-22/h3-15,25H,2,16-19H2,1H3,(H,30,33)/t25-/m0/s1. The molecule has 1 atom stereocenters. The Labute approximate surface area is 219 Å². The van der Waals surface area contributed by atoms with Gasteiger partial charge in [-0.25, -0.2) is 0 Å². The van der Waals surface area contributed by atoms with E-state index >= 15 is 0 Å². The summed E-state index contributed by atoms with van der Waals surface area (Å²) in [6.07, 6.45) is 0.452. The predicted molar refractivity (Wildman–Crippen MR) is 145 cm³/mol. The smallest absolute Gasteiger partial charge is 0.243 e. The molecule has 34 heavy (non-hydrogen) atoms. The van der Waals surface area contributed by atoms with E-state index in [0.717, 1.165) is 21.2 Å². The third-order valence-corrected chi connectivity index (χ3v) is 7.02. The number of nitrogens with one attached hydrogen (secondary N) is 1. The number of hydrogen-bond donors (Lipinski definition) is 1. The normalized spacial score (nSPS) is 11.6. The Hall–Kier alpha value is -2.28. The zero-order valence-electron chi connectivity index (χ0n) is 19.0. The maximum atomic E-state index is 13.5. The van der Waals surface area contributed by atoms with Gasteiger partial charge in [0.1, 0.15) is 6.04 Å². The van der Waals surface area contributed by atoms with Gasteiger partial charge in [-0.1, -0.05) is 82.1 Å².